The molecule has 1 amide bonds. The van der Waals surface area contributed by atoms with Gasteiger partial charge in [0.25, 0.3) is 0 Å². The highest BCUT2D eigenvalue weighted by molar-refractivity contribution is 6.30. The Bertz CT molecular complexity index is 1400. The van der Waals surface area contributed by atoms with Crippen molar-refractivity contribution in [1.82, 2.24) is 4.90 Å². The lowest BCUT2D eigenvalue weighted by Crippen LogP contribution is -2.49. The van der Waals surface area contributed by atoms with Crippen molar-refractivity contribution in [2.45, 2.75) is 55.6 Å². The SMILES string of the molecule is CN1C/C=C/[C@H](O)[C@@H]2CC[C@H]2CN2C[C@@]3(CCCc4cc(Cl)ccc43)COc3ccc(cc32)[C@@](O)(C(=O)O)CC1=O. The minimum absolute atomic E-state index is 0.0811. The Hall–Kier alpha value is -3.07. The number of amides is 1. The number of halogens is 1. The fourth-order valence-electron chi connectivity index (χ4n) is 7.18. The van der Waals surface area contributed by atoms with E-state index in [1.807, 2.05) is 12.1 Å². The number of aliphatic hydroxyl groups excluding tert-OH is 1. The van der Waals surface area contributed by atoms with Crippen LogP contribution in [0.1, 0.15) is 48.8 Å². The first kappa shape index (κ1) is 28.1. The Balaban J connectivity index is 1.47. The first-order valence-electron chi connectivity index (χ1n) is 14.5. The summed E-state index contributed by atoms with van der Waals surface area (Å²) in [5.74, 6) is -1.08. The maximum absolute atomic E-state index is 13.0. The van der Waals surface area contributed by atoms with Crippen LogP contribution < -0.4 is 9.64 Å². The van der Waals surface area contributed by atoms with E-state index in [2.05, 4.69) is 11.0 Å². The number of aliphatic carboxylic acids is 1. The van der Waals surface area contributed by atoms with Gasteiger partial charge in [0, 0.05) is 37.1 Å². The fourth-order valence-corrected chi connectivity index (χ4v) is 7.38. The Morgan fingerprint density at radius 1 is 1.17 bits per heavy atom. The number of rotatable bonds is 1. The van der Waals surface area contributed by atoms with Crippen LogP contribution in [0.4, 0.5) is 5.69 Å². The molecule has 3 N–H and O–H groups in total. The zero-order valence-corrected chi connectivity index (χ0v) is 24.0. The summed E-state index contributed by atoms with van der Waals surface area (Å²) >= 11 is 6.37. The van der Waals surface area contributed by atoms with E-state index in [0.29, 0.717) is 36.2 Å². The molecule has 0 aromatic heterocycles. The van der Waals surface area contributed by atoms with Gasteiger partial charge in [-0.15, -0.1) is 0 Å². The van der Waals surface area contributed by atoms with Gasteiger partial charge in [0.1, 0.15) is 5.75 Å². The number of aliphatic hydroxyl groups is 2. The average Bonchev–Trinajstić information content (AvgIpc) is 3.07. The first-order valence-corrected chi connectivity index (χ1v) is 14.8. The third-order valence-electron chi connectivity index (χ3n) is 9.78. The lowest BCUT2D eigenvalue weighted by atomic mass is 9.68. The van der Waals surface area contributed by atoms with Gasteiger partial charge in [0.15, 0.2) is 5.60 Å². The number of ether oxygens (including phenoxy) is 1. The Morgan fingerprint density at radius 2 is 2.00 bits per heavy atom. The molecule has 5 atom stereocenters. The largest absolute Gasteiger partial charge is 0.490 e. The van der Waals surface area contributed by atoms with E-state index in [9.17, 15) is 24.9 Å². The van der Waals surface area contributed by atoms with Crippen molar-refractivity contribution in [3.05, 3.63) is 70.3 Å². The number of hydrogen-bond donors (Lipinski definition) is 3. The third-order valence-corrected chi connectivity index (χ3v) is 10.0. The highest BCUT2D eigenvalue weighted by atomic mass is 35.5. The van der Waals surface area contributed by atoms with Crippen molar-refractivity contribution in [3.63, 3.8) is 0 Å². The topological polar surface area (TPSA) is 111 Å². The maximum Gasteiger partial charge on any atom is 0.340 e. The third kappa shape index (κ3) is 5.00. The van der Waals surface area contributed by atoms with Crippen LogP contribution in [0.5, 0.6) is 5.75 Å². The van der Waals surface area contributed by atoms with Crippen LogP contribution in [-0.4, -0.2) is 71.5 Å². The van der Waals surface area contributed by atoms with E-state index in [-0.39, 0.29) is 29.4 Å². The number of anilines is 1. The molecule has 0 radical (unpaired) electrons. The number of carboxylic acid groups (broad SMARTS) is 1. The molecule has 2 aliphatic heterocycles. The molecule has 6 rings (SSSR count). The summed E-state index contributed by atoms with van der Waals surface area (Å²) in [6.07, 6.45) is 6.99. The van der Waals surface area contributed by atoms with Gasteiger partial charge in [-0.1, -0.05) is 35.9 Å². The number of hydrogen-bond acceptors (Lipinski definition) is 6. The van der Waals surface area contributed by atoms with Gasteiger partial charge in [0.05, 0.1) is 24.8 Å². The molecule has 4 aliphatic rings. The molecule has 9 heteroatoms. The minimum atomic E-state index is -2.41. The van der Waals surface area contributed by atoms with Gasteiger partial charge < -0.3 is 29.9 Å². The van der Waals surface area contributed by atoms with Gasteiger partial charge in [0.2, 0.25) is 5.91 Å². The molecular weight excluding hydrogens is 544 g/mol. The number of fused-ring (bicyclic) bond motifs is 4. The predicted octanol–water partition coefficient (Wildman–Crippen LogP) is 3.89. The number of carbonyl (C=O) groups excluding carboxylic acids is 1. The maximum atomic E-state index is 13.0. The number of benzene rings is 2. The monoisotopic (exact) mass is 580 g/mol. The predicted molar refractivity (Wildman–Crippen MR) is 155 cm³/mol. The van der Waals surface area contributed by atoms with Gasteiger partial charge in [-0.25, -0.2) is 4.79 Å². The second-order valence-corrected chi connectivity index (χ2v) is 12.8. The molecule has 2 bridgehead atoms. The summed E-state index contributed by atoms with van der Waals surface area (Å²) < 4.78 is 6.51. The number of carbonyl (C=O) groups is 2. The van der Waals surface area contributed by atoms with Crippen LogP contribution in [0.25, 0.3) is 0 Å². The summed E-state index contributed by atoms with van der Waals surface area (Å²) in [6, 6.07) is 11.0. The molecule has 218 valence electrons. The van der Waals surface area contributed by atoms with Gasteiger partial charge in [-0.3, -0.25) is 4.79 Å². The quantitative estimate of drug-likeness (QED) is 0.439. The normalized spacial score (nSPS) is 32.4. The van der Waals surface area contributed by atoms with Crippen LogP contribution in [-0.2, 0) is 27.0 Å². The van der Waals surface area contributed by atoms with E-state index in [4.69, 9.17) is 16.3 Å². The smallest absolute Gasteiger partial charge is 0.340 e. The summed E-state index contributed by atoms with van der Waals surface area (Å²) in [6.45, 7) is 1.96. The minimum Gasteiger partial charge on any atom is -0.490 e. The van der Waals surface area contributed by atoms with Gasteiger partial charge in [-0.05, 0) is 84.9 Å². The number of carboxylic acids is 1. The standard InChI is InChI=1S/C32H37ClN2O6/c1-34-13-3-5-27(36)24-9-6-21(24)17-35-18-31(12-2-4-20-14-23(33)8-10-25(20)31)19-41-28-11-7-22(15-26(28)35)32(40,30(38)39)16-29(34)37/h3,5,7-8,10-11,14-15,21,24,27,36,40H,2,4,6,9,12-13,16-19H2,1H3,(H,38,39)/b5-3+/t21-,24+,27-,31-,32+/m0/s1. The zero-order valence-electron chi connectivity index (χ0n) is 23.3. The Morgan fingerprint density at radius 3 is 2.76 bits per heavy atom. The molecular formula is C32H37ClN2O6. The van der Waals surface area contributed by atoms with Crippen molar-refractivity contribution in [3.8, 4) is 5.75 Å². The van der Waals surface area contributed by atoms with Crippen LogP contribution in [0.3, 0.4) is 0 Å². The molecule has 2 heterocycles. The molecule has 1 spiro atoms. The van der Waals surface area contributed by atoms with Crippen LogP contribution >= 0.6 is 11.6 Å². The molecule has 41 heavy (non-hydrogen) atoms. The summed E-state index contributed by atoms with van der Waals surface area (Å²) in [5.41, 5.74) is 0.572. The highest BCUT2D eigenvalue weighted by Gasteiger charge is 2.46. The second-order valence-electron chi connectivity index (χ2n) is 12.3. The van der Waals surface area contributed by atoms with Crippen LogP contribution in [0.2, 0.25) is 5.02 Å². The van der Waals surface area contributed by atoms with E-state index < -0.39 is 30.0 Å². The van der Waals surface area contributed by atoms with E-state index in [1.165, 1.54) is 16.0 Å². The van der Waals surface area contributed by atoms with Crippen molar-refractivity contribution < 1.29 is 29.6 Å². The molecule has 0 unspecified atom stereocenters. The van der Waals surface area contributed by atoms with E-state index in [1.54, 1.807) is 37.4 Å². The van der Waals surface area contributed by atoms with Crippen molar-refractivity contribution in [2.75, 3.05) is 38.2 Å². The molecule has 8 nitrogen and oxygen atoms in total. The fraction of sp³-hybridized carbons (Fsp3) is 0.500. The van der Waals surface area contributed by atoms with Gasteiger partial charge in [-0.2, -0.15) is 0 Å². The summed E-state index contributed by atoms with van der Waals surface area (Å²) in [5, 5.41) is 33.4. The molecule has 2 aromatic carbocycles. The first-order chi connectivity index (χ1) is 19.6. The lowest BCUT2D eigenvalue weighted by Gasteiger charge is -2.45. The Labute approximate surface area is 245 Å². The molecule has 1 fully saturated rings. The second kappa shape index (κ2) is 10.6. The van der Waals surface area contributed by atoms with Crippen molar-refractivity contribution >= 4 is 29.2 Å². The molecule has 1 saturated carbocycles. The van der Waals surface area contributed by atoms with Crippen LogP contribution in [0.15, 0.2) is 48.6 Å². The number of likely N-dealkylation sites (N-methyl/N-ethyl adjacent to an activating group) is 1. The number of nitrogens with zero attached hydrogens (tertiary/aromatic N) is 2. The Kier molecular flexibility index (Phi) is 7.29. The van der Waals surface area contributed by atoms with Crippen molar-refractivity contribution in [2.24, 2.45) is 11.8 Å². The van der Waals surface area contributed by atoms with E-state index in [0.717, 1.165) is 32.1 Å². The number of aryl methyl sites for hydroxylation is 1. The lowest BCUT2D eigenvalue weighted by molar-refractivity contribution is -0.164. The van der Waals surface area contributed by atoms with Crippen LogP contribution in [0, 0.1) is 11.8 Å². The average molecular weight is 581 g/mol. The molecule has 2 aromatic rings. The molecule has 0 saturated heterocycles. The van der Waals surface area contributed by atoms with Crippen molar-refractivity contribution in [1.29, 1.82) is 0 Å². The van der Waals surface area contributed by atoms with E-state index >= 15 is 0 Å². The highest BCUT2D eigenvalue weighted by Crippen LogP contribution is 2.47. The molecule has 2 aliphatic carbocycles. The summed E-state index contributed by atoms with van der Waals surface area (Å²) in [7, 11) is 1.56. The zero-order chi connectivity index (χ0) is 28.9. The summed E-state index contributed by atoms with van der Waals surface area (Å²) in [4.78, 5) is 29.1. The van der Waals surface area contributed by atoms with Gasteiger partial charge >= 0.3 is 5.97 Å².